The van der Waals surface area contributed by atoms with Crippen LogP contribution in [-0.4, -0.2) is 30.5 Å². The van der Waals surface area contributed by atoms with Crippen molar-refractivity contribution >= 4 is 40.0 Å². The maximum atomic E-state index is 11.6. The van der Waals surface area contributed by atoms with Gasteiger partial charge in [-0.1, -0.05) is 0 Å². The number of carbonyl (C=O) groups is 2. The van der Waals surface area contributed by atoms with Gasteiger partial charge in [0.05, 0.1) is 17.4 Å². The Morgan fingerprint density at radius 1 is 1.50 bits per heavy atom. The number of hydrogen-bond donors (Lipinski definition) is 1. The largest absolute Gasteiger partial charge is 0.465 e. The molecule has 0 aromatic carbocycles. The molecule has 4 nitrogen and oxygen atoms in total. The van der Waals surface area contributed by atoms with Crippen molar-refractivity contribution in [2.45, 2.75) is 12.2 Å². The Bertz CT molecular complexity index is 389. The first kappa shape index (κ1) is 13.1. The lowest BCUT2D eigenvalue weighted by atomic mass is 10.4. The molecule has 0 spiro atoms. The lowest BCUT2D eigenvalue weighted by molar-refractivity contribution is -0.115. The third-order valence-electron chi connectivity index (χ3n) is 1.96. The summed E-state index contributed by atoms with van der Waals surface area (Å²) in [4.78, 5) is 23.2. The topological polar surface area (TPSA) is 55.4 Å². The Morgan fingerprint density at radius 3 is 2.75 bits per heavy atom. The number of carbonyl (C=O) groups excluding carboxylic acids is 2. The van der Waals surface area contributed by atoms with Crippen LogP contribution in [0.25, 0.3) is 0 Å². The van der Waals surface area contributed by atoms with Crippen molar-refractivity contribution in [3.8, 4) is 0 Å². The average Bonchev–Trinajstić information content (AvgIpc) is 2.75. The molecule has 1 N–H and O–H groups in total. The highest BCUT2D eigenvalue weighted by Crippen LogP contribution is 2.23. The Morgan fingerprint density at radius 2 is 2.19 bits per heavy atom. The molecular weight excluding hydrogens is 246 g/mol. The van der Waals surface area contributed by atoms with Crippen molar-refractivity contribution < 1.29 is 14.3 Å². The first-order chi connectivity index (χ1) is 7.58. The molecule has 1 heterocycles. The minimum Gasteiger partial charge on any atom is -0.465 e. The van der Waals surface area contributed by atoms with Gasteiger partial charge in [0.25, 0.3) is 0 Å². The molecule has 0 fully saturated rings. The number of thiophene rings is 1. The number of anilines is 1. The average molecular weight is 259 g/mol. The number of esters is 1. The van der Waals surface area contributed by atoms with E-state index >= 15 is 0 Å². The highest BCUT2D eigenvalue weighted by molar-refractivity contribution is 7.99. The highest BCUT2D eigenvalue weighted by atomic mass is 32.2. The van der Waals surface area contributed by atoms with Gasteiger partial charge in [-0.2, -0.15) is 11.8 Å². The van der Waals surface area contributed by atoms with Crippen LogP contribution in [0.2, 0.25) is 0 Å². The van der Waals surface area contributed by atoms with Gasteiger partial charge in [-0.3, -0.25) is 4.79 Å². The van der Waals surface area contributed by atoms with E-state index < -0.39 is 0 Å². The molecule has 88 valence electrons. The van der Waals surface area contributed by atoms with E-state index in [2.05, 4.69) is 10.1 Å². The number of hydrogen-bond acceptors (Lipinski definition) is 5. The minimum atomic E-state index is -0.386. The quantitative estimate of drug-likeness (QED) is 0.842. The van der Waals surface area contributed by atoms with Crippen LogP contribution < -0.4 is 5.32 Å². The van der Waals surface area contributed by atoms with E-state index in [1.165, 1.54) is 30.2 Å². The summed E-state index contributed by atoms with van der Waals surface area (Å²) in [5.74, 6) is -0.450. The molecule has 0 bridgehead atoms. The van der Waals surface area contributed by atoms with E-state index in [4.69, 9.17) is 0 Å². The summed E-state index contributed by atoms with van der Waals surface area (Å²) < 4.78 is 4.58. The second kappa shape index (κ2) is 5.91. The van der Waals surface area contributed by atoms with Gasteiger partial charge in [0, 0.05) is 0 Å². The summed E-state index contributed by atoms with van der Waals surface area (Å²) in [6.45, 7) is 1.83. The van der Waals surface area contributed by atoms with Crippen molar-refractivity contribution in [2.24, 2.45) is 0 Å². The van der Waals surface area contributed by atoms with Crippen LogP contribution in [0, 0.1) is 0 Å². The van der Waals surface area contributed by atoms with Crippen LogP contribution in [-0.2, 0) is 9.53 Å². The number of rotatable bonds is 4. The predicted molar refractivity (Wildman–Crippen MR) is 67.3 cm³/mol. The van der Waals surface area contributed by atoms with Crippen LogP contribution >= 0.6 is 23.1 Å². The predicted octanol–water partition coefficient (Wildman–Crippen LogP) is 2.22. The summed E-state index contributed by atoms with van der Waals surface area (Å²) in [7, 11) is 1.33. The maximum Gasteiger partial charge on any atom is 0.348 e. The standard InChI is InChI=1S/C10H13NO3S2/c1-6(15-3)9(12)11-8-5-4-7(16-8)10(13)14-2/h4-6H,1-3H3,(H,11,12)/t6-/m1/s1. The zero-order valence-corrected chi connectivity index (χ0v) is 10.9. The second-order valence-electron chi connectivity index (χ2n) is 3.02. The lowest BCUT2D eigenvalue weighted by Crippen LogP contribution is -2.21. The smallest absolute Gasteiger partial charge is 0.348 e. The third kappa shape index (κ3) is 3.24. The SMILES string of the molecule is COC(=O)c1ccc(NC(=O)[C@@H](C)SC)s1. The molecule has 0 saturated heterocycles. The molecule has 1 rings (SSSR count). The normalized spacial score (nSPS) is 11.9. The fraction of sp³-hybridized carbons (Fsp3) is 0.400. The molecule has 0 radical (unpaired) electrons. The molecular formula is C10H13NO3S2. The van der Waals surface area contributed by atoms with Crippen molar-refractivity contribution in [2.75, 3.05) is 18.7 Å². The summed E-state index contributed by atoms with van der Waals surface area (Å²) in [6, 6.07) is 3.33. The maximum absolute atomic E-state index is 11.6. The van der Waals surface area contributed by atoms with E-state index in [1.54, 1.807) is 12.1 Å². The Labute approximate surface area is 102 Å². The summed E-state index contributed by atoms with van der Waals surface area (Å²) in [5.41, 5.74) is 0. The van der Waals surface area contributed by atoms with E-state index in [0.29, 0.717) is 9.88 Å². The van der Waals surface area contributed by atoms with Gasteiger partial charge in [-0.25, -0.2) is 4.79 Å². The van der Waals surface area contributed by atoms with Crippen LogP contribution in [0.4, 0.5) is 5.00 Å². The molecule has 6 heteroatoms. The van der Waals surface area contributed by atoms with Crippen molar-refractivity contribution in [1.29, 1.82) is 0 Å². The number of thioether (sulfide) groups is 1. The molecule has 1 aromatic rings. The van der Waals surface area contributed by atoms with Gasteiger partial charge in [0.15, 0.2) is 0 Å². The molecule has 0 saturated carbocycles. The number of nitrogens with one attached hydrogen (secondary N) is 1. The highest BCUT2D eigenvalue weighted by Gasteiger charge is 2.14. The monoisotopic (exact) mass is 259 g/mol. The molecule has 0 aliphatic rings. The van der Waals surface area contributed by atoms with E-state index in [-0.39, 0.29) is 17.1 Å². The Kier molecular flexibility index (Phi) is 4.82. The van der Waals surface area contributed by atoms with Crippen LogP contribution in [0.1, 0.15) is 16.6 Å². The van der Waals surface area contributed by atoms with Crippen molar-refractivity contribution in [3.63, 3.8) is 0 Å². The van der Waals surface area contributed by atoms with Crippen LogP contribution in [0.5, 0.6) is 0 Å². The second-order valence-corrected chi connectivity index (χ2v) is 5.28. The van der Waals surface area contributed by atoms with Gasteiger partial charge in [0.2, 0.25) is 5.91 Å². The van der Waals surface area contributed by atoms with Gasteiger partial charge in [-0.15, -0.1) is 11.3 Å². The minimum absolute atomic E-state index is 0.0641. The molecule has 0 aliphatic heterocycles. The zero-order valence-electron chi connectivity index (χ0n) is 9.27. The van der Waals surface area contributed by atoms with E-state index in [9.17, 15) is 9.59 Å². The van der Waals surface area contributed by atoms with Gasteiger partial charge >= 0.3 is 5.97 Å². The van der Waals surface area contributed by atoms with E-state index in [0.717, 1.165) is 0 Å². The summed E-state index contributed by atoms with van der Waals surface area (Å²) in [6.07, 6.45) is 1.87. The first-order valence-electron chi connectivity index (χ1n) is 4.60. The summed E-state index contributed by atoms with van der Waals surface area (Å²) in [5, 5.41) is 3.29. The van der Waals surface area contributed by atoms with Gasteiger partial charge in [0.1, 0.15) is 4.88 Å². The number of amides is 1. The van der Waals surface area contributed by atoms with Crippen LogP contribution in [0.15, 0.2) is 12.1 Å². The fourth-order valence-corrected chi connectivity index (χ4v) is 2.05. The van der Waals surface area contributed by atoms with Crippen molar-refractivity contribution in [1.82, 2.24) is 0 Å². The number of methoxy groups -OCH3 is 1. The Hall–Kier alpha value is -1.01. The molecule has 0 aliphatic carbocycles. The van der Waals surface area contributed by atoms with Crippen LogP contribution in [0.3, 0.4) is 0 Å². The van der Waals surface area contributed by atoms with E-state index in [1.807, 2.05) is 13.2 Å². The van der Waals surface area contributed by atoms with Gasteiger partial charge in [-0.05, 0) is 25.3 Å². The molecule has 1 amide bonds. The Balaban J connectivity index is 2.65. The molecule has 0 unspecified atom stereocenters. The molecule has 16 heavy (non-hydrogen) atoms. The molecule has 1 aromatic heterocycles. The molecule has 1 atom stereocenters. The lowest BCUT2D eigenvalue weighted by Gasteiger charge is -2.07. The first-order valence-corrected chi connectivity index (χ1v) is 6.70. The third-order valence-corrected chi connectivity index (χ3v) is 3.86. The fourth-order valence-electron chi connectivity index (χ4n) is 0.945. The summed E-state index contributed by atoms with van der Waals surface area (Å²) >= 11 is 2.68. The van der Waals surface area contributed by atoms with Gasteiger partial charge < -0.3 is 10.1 Å². The number of ether oxygens (including phenoxy) is 1. The van der Waals surface area contributed by atoms with Crippen molar-refractivity contribution in [3.05, 3.63) is 17.0 Å². The zero-order chi connectivity index (χ0) is 12.1.